The van der Waals surface area contributed by atoms with Gasteiger partial charge >= 0.3 is 0 Å². The molecule has 1 aromatic carbocycles. The van der Waals surface area contributed by atoms with Crippen LogP contribution >= 0.6 is 11.6 Å². The number of imidazole rings is 1. The Morgan fingerprint density at radius 1 is 1.38 bits per heavy atom. The highest BCUT2D eigenvalue weighted by molar-refractivity contribution is 6.31. The van der Waals surface area contributed by atoms with Gasteiger partial charge in [0.1, 0.15) is 17.7 Å². The second kappa shape index (κ2) is 6.31. The molecule has 9 heteroatoms. The van der Waals surface area contributed by atoms with Gasteiger partial charge in [-0.3, -0.25) is 10.6 Å². The summed E-state index contributed by atoms with van der Waals surface area (Å²) in [5.74, 6) is -0.302. The Morgan fingerprint density at radius 3 is 2.85 bits per heavy atom. The van der Waals surface area contributed by atoms with Crippen LogP contribution in [0.4, 0.5) is 10.1 Å². The van der Waals surface area contributed by atoms with Gasteiger partial charge in [-0.1, -0.05) is 11.6 Å². The van der Waals surface area contributed by atoms with Gasteiger partial charge in [-0.05, 0) is 43.0 Å². The van der Waals surface area contributed by atoms with E-state index in [4.69, 9.17) is 17.0 Å². The SMILES string of the molecule is N=C(c1ccnc2nc(C(O)C3CC3)[nH]c12)N(O)c1ccc(F)c(Cl)c1. The highest BCUT2D eigenvalue weighted by Gasteiger charge is 2.33. The Hall–Kier alpha value is -2.55. The summed E-state index contributed by atoms with van der Waals surface area (Å²) in [7, 11) is 0. The molecule has 0 aliphatic heterocycles. The molecule has 7 nitrogen and oxygen atoms in total. The molecule has 26 heavy (non-hydrogen) atoms. The molecule has 134 valence electrons. The third-order valence-corrected chi connectivity index (χ3v) is 4.66. The third kappa shape index (κ3) is 2.92. The zero-order valence-corrected chi connectivity index (χ0v) is 14.2. The molecule has 0 amide bonds. The lowest BCUT2D eigenvalue weighted by Crippen LogP contribution is -2.27. The van der Waals surface area contributed by atoms with Crippen molar-refractivity contribution in [2.75, 3.05) is 5.06 Å². The van der Waals surface area contributed by atoms with Crippen LogP contribution in [0, 0.1) is 17.1 Å². The number of pyridine rings is 1. The van der Waals surface area contributed by atoms with Gasteiger partial charge in [0, 0.05) is 11.8 Å². The number of hydrogen-bond acceptors (Lipinski definition) is 5. The largest absolute Gasteiger partial charge is 0.385 e. The number of aromatic nitrogens is 3. The van der Waals surface area contributed by atoms with Crippen LogP contribution in [0.25, 0.3) is 11.2 Å². The van der Waals surface area contributed by atoms with E-state index in [1.165, 1.54) is 18.3 Å². The van der Waals surface area contributed by atoms with Crippen LogP contribution in [0.5, 0.6) is 0 Å². The van der Waals surface area contributed by atoms with E-state index in [9.17, 15) is 14.7 Å². The first-order chi connectivity index (χ1) is 12.5. The molecule has 1 saturated carbocycles. The minimum atomic E-state index is -0.702. The zero-order chi connectivity index (χ0) is 18.4. The number of hydrogen-bond donors (Lipinski definition) is 4. The van der Waals surface area contributed by atoms with Crippen molar-refractivity contribution in [3.05, 3.63) is 52.7 Å². The molecule has 1 fully saturated rings. The molecular formula is C17H15ClFN5O2. The number of halogens is 2. The first kappa shape index (κ1) is 16.9. The normalized spacial score (nSPS) is 15.2. The Bertz CT molecular complexity index is 1000. The van der Waals surface area contributed by atoms with E-state index in [2.05, 4.69) is 15.0 Å². The number of aromatic amines is 1. The predicted octanol–water partition coefficient (Wildman–Crippen LogP) is 3.41. The molecule has 1 aliphatic carbocycles. The molecule has 2 aromatic heterocycles. The number of rotatable bonds is 4. The lowest BCUT2D eigenvalue weighted by Gasteiger charge is -2.18. The number of fused-ring (bicyclic) bond motifs is 1. The van der Waals surface area contributed by atoms with Crippen molar-refractivity contribution in [1.29, 1.82) is 5.41 Å². The van der Waals surface area contributed by atoms with Crippen LogP contribution in [0.3, 0.4) is 0 Å². The molecule has 3 aromatic rings. The van der Waals surface area contributed by atoms with E-state index in [1.807, 2.05) is 0 Å². The van der Waals surface area contributed by atoms with Gasteiger partial charge in [-0.25, -0.2) is 19.4 Å². The van der Waals surface area contributed by atoms with E-state index in [-0.39, 0.29) is 22.5 Å². The van der Waals surface area contributed by atoms with Crippen LogP contribution in [0.1, 0.15) is 30.3 Å². The lowest BCUT2D eigenvalue weighted by molar-refractivity contribution is 0.145. The van der Waals surface area contributed by atoms with Crippen molar-refractivity contribution in [3.63, 3.8) is 0 Å². The van der Waals surface area contributed by atoms with E-state index in [1.54, 1.807) is 6.07 Å². The number of hydroxylamine groups is 1. The first-order valence-corrected chi connectivity index (χ1v) is 8.39. The van der Waals surface area contributed by atoms with Crippen LogP contribution in [-0.4, -0.2) is 31.1 Å². The number of nitrogens with one attached hydrogen (secondary N) is 2. The standard InChI is InChI=1S/C17H15ClFN5O2/c18-11-7-9(3-4-12(11)19)24(26)15(20)10-5-6-21-16-13(10)22-17(23-16)14(25)8-1-2-8/h3-8,14,20,25-26H,1-2H2,(H,21,22,23). The maximum Gasteiger partial charge on any atom is 0.178 e. The molecule has 0 saturated heterocycles. The van der Waals surface area contributed by atoms with E-state index in [0.717, 1.165) is 18.9 Å². The number of aliphatic hydroxyl groups excluding tert-OH is 1. The molecule has 0 radical (unpaired) electrons. The van der Waals surface area contributed by atoms with Gasteiger partial charge < -0.3 is 10.1 Å². The highest BCUT2D eigenvalue weighted by Crippen LogP contribution is 2.40. The summed E-state index contributed by atoms with van der Waals surface area (Å²) in [4.78, 5) is 11.4. The zero-order valence-electron chi connectivity index (χ0n) is 13.4. The topological polar surface area (TPSA) is 109 Å². The van der Waals surface area contributed by atoms with Crippen molar-refractivity contribution in [1.82, 2.24) is 15.0 Å². The number of anilines is 1. The molecule has 1 atom stereocenters. The van der Waals surface area contributed by atoms with Crippen molar-refractivity contribution in [3.8, 4) is 0 Å². The van der Waals surface area contributed by atoms with E-state index < -0.39 is 11.9 Å². The number of nitrogens with zero attached hydrogens (tertiary/aromatic N) is 3. The fourth-order valence-corrected chi connectivity index (χ4v) is 2.94. The van der Waals surface area contributed by atoms with Crippen molar-refractivity contribution in [2.45, 2.75) is 18.9 Å². The Balaban J connectivity index is 1.70. The minimum absolute atomic E-state index is 0.143. The molecule has 4 rings (SSSR count). The molecule has 2 heterocycles. The van der Waals surface area contributed by atoms with Gasteiger partial charge in [0.15, 0.2) is 11.5 Å². The second-order valence-corrected chi connectivity index (χ2v) is 6.63. The summed E-state index contributed by atoms with van der Waals surface area (Å²) >= 11 is 5.74. The monoisotopic (exact) mass is 375 g/mol. The Morgan fingerprint density at radius 2 is 2.15 bits per heavy atom. The first-order valence-electron chi connectivity index (χ1n) is 8.01. The van der Waals surface area contributed by atoms with Crippen LogP contribution in [0.15, 0.2) is 30.5 Å². The molecule has 1 aliphatic rings. The molecule has 1 unspecified atom stereocenters. The molecular weight excluding hydrogens is 361 g/mol. The Labute approximate surface area is 152 Å². The average Bonchev–Trinajstić information content (AvgIpc) is 3.39. The van der Waals surface area contributed by atoms with E-state index >= 15 is 0 Å². The van der Waals surface area contributed by atoms with Gasteiger partial charge in [0.2, 0.25) is 0 Å². The van der Waals surface area contributed by atoms with Gasteiger partial charge in [0.05, 0.1) is 16.2 Å². The molecule has 0 bridgehead atoms. The summed E-state index contributed by atoms with van der Waals surface area (Å²) in [6.45, 7) is 0. The van der Waals surface area contributed by atoms with Crippen molar-refractivity contribution in [2.24, 2.45) is 5.92 Å². The average molecular weight is 376 g/mol. The smallest absolute Gasteiger partial charge is 0.178 e. The second-order valence-electron chi connectivity index (χ2n) is 6.22. The Kier molecular flexibility index (Phi) is 4.10. The molecule has 4 N–H and O–H groups in total. The summed E-state index contributed by atoms with van der Waals surface area (Å²) < 4.78 is 13.3. The summed E-state index contributed by atoms with van der Waals surface area (Å²) in [5, 5.41) is 29.3. The summed E-state index contributed by atoms with van der Waals surface area (Å²) in [6.07, 6.45) is 2.66. The van der Waals surface area contributed by atoms with Gasteiger partial charge in [0.25, 0.3) is 0 Å². The maximum atomic E-state index is 13.3. The van der Waals surface area contributed by atoms with Gasteiger partial charge in [-0.15, -0.1) is 0 Å². The fraction of sp³-hybridized carbons (Fsp3) is 0.235. The fourth-order valence-electron chi connectivity index (χ4n) is 2.76. The highest BCUT2D eigenvalue weighted by atomic mass is 35.5. The van der Waals surface area contributed by atoms with Crippen molar-refractivity contribution < 1.29 is 14.7 Å². The maximum absolute atomic E-state index is 13.3. The number of amidine groups is 1. The van der Waals surface area contributed by atoms with Gasteiger partial charge in [-0.2, -0.15) is 0 Å². The third-order valence-electron chi connectivity index (χ3n) is 4.37. The minimum Gasteiger partial charge on any atom is -0.385 e. The number of aliphatic hydroxyl groups is 1. The quantitative estimate of drug-likeness (QED) is 0.317. The molecule has 0 spiro atoms. The summed E-state index contributed by atoms with van der Waals surface area (Å²) in [6, 6.07) is 5.18. The number of benzene rings is 1. The lowest BCUT2D eigenvalue weighted by atomic mass is 10.2. The predicted molar refractivity (Wildman–Crippen MR) is 94.1 cm³/mol. The van der Waals surface area contributed by atoms with Crippen molar-refractivity contribution >= 4 is 34.3 Å². The van der Waals surface area contributed by atoms with Crippen LogP contribution < -0.4 is 5.06 Å². The number of H-pyrrole nitrogens is 1. The van der Waals surface area contributed by atoms with E-state index in [0.29, 0.717) is 27.6 Å². The van der Waals surface area contributed by atoms with Crippen LogP contribution in [-0.2, 0) is 0 Å². The summed E-state index contributed by atoms with van der Waals surface area (Å²) in [5.41, 5.74) is 1.25. The van der Waals surface area contributed by atoms with Crippen LogP contribution in [0.2, 0.25) is 5.02 Å².